The Morgan fingerprint density at radius 1 is 1.07 bits per heavy atom. The van der Waals surface area contributed by atoms with Gasteiger partial charge >= 0.3 is 5.97 Å². The third-order valence-corrected chi connectivity index (χ3v) is 4.88. The van der Waals surface area contributed by atoms with Gasteiger partial charge in [-0.2, -0.15) is 0 Å². The summed E-state index contributed by atoms with van der Waals surface area (Å²) in [6.07, 6.45) is 1.12. The lowest BCUT2D eigenvalue weighted by Gasteiger charge is -2.05. The number of para-hydroxylation sites is 1. The number of aryl methyl sites for hydroxylation is 1. The highest BCUT2D eigenvalue weighted by atomic mass is 32.2. The predicted molar refractivity (Wildman–Crippen MR) is 101 cm³/mol. The third-order valence-electron chi connectivity index (χ3n) is 4.02. The summed E-state index contributed by atoms with van der Waals surface area (Å²) in [5.41, 5.74) is 1.96. The Kier molecular flexibility index (Phi) is 5.14. The van der Waals surface area contributed by atoms with Crippen molar-refractivity contribution < 1.29 is 27.2 Å². The number of furan rings is 1. The molecule has 0 N–H and O–H groups in total. The van der Waals surface area contributed by atoms with Crippen LogP contribution in [-0.2, 0) is 20.3 Å². The molecule has 0 saturated carbocycles. The lowest BCUT2D eigenvalue weighted by Crippen LogP contribution is -2.14. The number of sulfone groups is 1. The Morgan fingerprint density at radius 3 is 2.52 bits per heavy atom. The molecule has 27 heavy (non-hydrogen) atoms. The van der Waals surface area contributed by atoms with Crippen LogP contribution in [0.2, 0.25) is 0 Å². The van der Waals surface area contributed by atoms with Gasteiger partial charge in [0.1, 0.15) is 5.58 Å². The highest BCUT2D eigenvalue weighted by Crippen LogP contribution is 2.25. The smallest absolute Gasteiger partial charge is 0.338 e. The number of Topliss-reactive ketones (excluding diaryl/α,β-unsaturated/α-hetero) is 1. The lowest BCUT2D eigenvalue weighted by molar-refractivity contribution is 0.0468. The summed E-state index contributed by atoms with van der Waals surface area (Å²) in [6, 6.07) is 13.4. The van der Waals surface area contributed by atoms with E-state index < -0.39 is 28.2 Å². The molecular weight excluding hydrogens is 368 g/mol. The van der Waals surface area contributed by atoms with Crippen molar-refractivity contribution in [1.82, 2.24) is 0 Å². The van der Waals surface area contributed by atoms with E-state index in [2.05, 4.69) is 0 Å². The zero-order valence-electron chi connectivity index (χ0n) is 14.9. The van der Waals surface area contributed by atoms with E-state index in [1.165, 1.54) is 12.1 Å². The molecule has 0 aliphatic heterocycles. The lowest BCUT2D eigenvalue weighted by atomic mass is 10.1. The van der Waals surface area contributed by atoms with Crippen LogP contribution in [-0.4, -0.2) is 33.0 Å². The van der Waals surface area contributed by atoms with Crippen molar-refractivity contribution >= 4 is 32.6 Å². The summed E-state index contributed by atoms with van der Waals surface area (Å²) in [6.45, 7) is 1.31. The van der Waals surface area contributed by atoms with Gasteiger partial charge in [-0.1, -0.05) is 30.3 Å². The van der Waals surface area contributed by atoms with Gasteiger partial charge in [0.05, 0.1) is 11.3 Å². The Morgan fingerprint density at radius 2 is 1.81 bits per heavy atom. The minimum atomic E-state index is -3.22. The fraction of sp³-hybridized carbons (Fsp3) is 0.200. The first-order chi connectivity index (χ1) is 12.7. The van der Waals surface area contributed by atoms with Gasteiger partial charge in [0.25, 0.3) is 0 Å². The minimum Gasteiger partial charge on any atom is -0.454 e. The first-order valence-corrected chi connectivity index (χ1v) is 10.3. The van der Waals surface area contributed by atoms with Crippen molar-refractivity contribution in [3.05, 3.63) is 71.0 Å². The molecular formula is C20H18O6S. The molecule has 0 bridgehead atoms. The summed E-state index contributed by atoms with van der Waals surface area (Å²) < 4.78 is 33.4. The molecule has 0 radical (unpaired) electrons. The van der Waals surface area contributed by atoms with Crippen LogP contribution in [0.4, 0.5) is 0 Å². The average molecular weight is 386 g/mol. The number of esters is 1. The molecule has 0 amide bonds. The van der Waals surface area contributed by atoms with E-state index in [1.54, 1.807) is 25.1 Å². The highest BCUT2D eigenvalue weighted by molar-refractivity contribution is 7.89. The van der Waals surface area contributed by atoms with Crippen molar-refractivity contribution in [2.45, 2.75) is 12.7 Å². The molecule has 0 fully saturated rings. The quantitative estimate of drug-likeness (QED) is 0.477. The molecule has 1 aromatic heterocycles. The number of rotatable bonds is 6. The van der Waals surface area contributed by atoms with Crippen LogP contribution >= 0.6 is 0 Å². The van der Waals surface area contributed by atoms with E-state index in [9.17, 15) is 18.0 Å². The number of hydrogen-bond donors (Lipinski definition) is 0. The van der Waals surface area contributed by atoms with Gasteiger partial charge in [-0.15, -0.1) is 0 Å². The second kappa shape index (κ2) is 7.36. The summed E-state index contributed by atoms with van der Waals surface area (Å²) in [5, 5.41) is 0.834. The number of carbonyl (C=O) groups is 2. The molecule has 0 saturated heterocycles. The van der Waals surface area contributed by atoms with Crippen molar-refractivity contribution in [2.24, 2.45) is 0 Å². The number of carbonyl (C=O) groups excluding carboxylic acids is 2. The van der Waals surface area contributed by atoms with Crippen LogP contribution in [0.5, 0.6) is 0 Å². The van der Waals surface area contributed by atoms with Crippen LogP contribution in [0.3, 0.4) is 0 Å². The largest absolute Gasteiger partial charge is 0.454 e. The monoisotopic (exact) mass is 386 g/mol. The second-order valence-corrected chi connectivity index (χ2v) is 8.46. The zero-order chi connectivity index (χ0) is 19.6. The first-order valence-electron chi connectivity index (χ1n) is 8.20. The van der Waals surface area contributed by atoms with E-state index >= 15 is 0 Å². The number of hydrogen-bond acceptors (Lipinski definition) is 6. The zero-order valence-corrected chi connectivity index (χ0v) is 15.7. The molecule has 1 heterocycles. The molecule has 7 heteroatoms. The first kappa shape index (κ1) is 18.8. The van der Waals surface area contributed by atoms with Crippen LogP contribution in [0.15, 0.2) is 52.9 Å². The van der Waals surface area contributed by atoms with E-state index in [4.69, 9.17) is 9.15 Å². The predicted octanol–water partition coefficient (Wildman–Crippen LogP) is 3.33. The molecule has 140 valence electrons. The van der Waals surface area contributed by atoms with Crippen molar-refractivity contribution in [1.29, 1.82) is 0 Å². The average Bonchev–Trinajstić information content (AvgIpc) is 2.95. The Bertz CT molecular complexity index is 1120. The highest BCUT2D eigenvalue weighted by Gasteiger charge is 2.19. The van der Waals surface area contributed by atoms with Crippen molar-refractivity contribution in [2.75, 3.05) is 12.9 Å². The standard InChI is InChI=1S/C20H18O6S/c1-13-16-8-3-4-9-18(16)26-19(13)17(21)11-25-20(22)15-7-5-6-14(10-15)12-27(2,23)24/h3-10H,11-12H2,1-2H3. The van der Waals surface area contributed by atoms with E-state index in [-0.39, 0.29) is 17.1 Å². The summed E-state index contributed by atoms with van der Waals surface area (Å²) in [5.74, 6) is -1.16. The molecule has 3 rings (SSSR count). The van der Waals surface area contributed by atoms with E-state index in [0.29, 0.717) is 16.7 Å². The van der Waals surface area contributed by atoms with Gasteiger partial charge < -0.3 is 9.15 Å². The van der Waals surface area contributed by atoms with Gasteiger partial charge in [-0.25, -0.2) is 13.2 Å². The molecule has 0 atom stereocenters. The van der Waals surface area contributed by atoms with Crippen molar-refractivity contribution in [3.63, 3.8) is 0 Å². The number of ether oxygens (including phenoxy) is 1. The summed E-state index contributed by atoms with van der Waals surface area (Å²) in [4.78, 5) is 24.6. The van der Waals surface area contributed by atoms with E-state index in [1.807, 2.05) is 18.2 Å². The maximum Gasteiger partial charge on any atom is 0.338 e. The number of benzene rings is 2. The van der Waals surface area contributed by atoms with Crippen molar-refractivity contribution in [3.8, 4) is 0 Å². The Hall–Kier alpha value is -2.93. The molecule has 0 aliphatic carbocycles. The Balaban J connectivity index is 1.71. The van der Waals surface area contributed by atoms with Gasteiger partial charge in [0.2, 0.25) is 5.78 Å². The molecule has 0 spiro atoms. The third kappa shape index (κ3) is 4.43. The van der Waals surface area contributed by atoms with Crippen LogP contribution < -0.4 is 0 Å². The SMILES string of the molecule is Cc1c(C(=O)COC(=O)c2cccc(CS(C)(=O)=O)c2)oc2ccccc12. The summed E-state index contributed by atoms with van der Waals surface area (Å²) in [7, 11) is -3.22. The summed E-state index contributed by atoms with van der Waals surface area (Å²) >= 11 is 0. The minimum absolute atomic E-state index is 0.162. The Labute approximate surface area is 156 Å². The van der Waals surface area contributed by atoms with Gasteiger partial charge in [0, 0.05) is 17.2 Å². The fourth-order valence-corrected chi connectivity index (χ4v) is 3.60. The van der Waals surface area contributed by atoms with Gasteiger partial charge in [-0.3, -0.25) is 4.79 Å². The normalized spacial score (nSPS) is 11.5. The van der Waals surface area contributed by atoms with Crippen LogP contribution in [0, 0.1) is 6.92 Å². The number of fused-ring (bicyclic) bond motifs is 1. The topological polar surface area (TPSA) is 90.7 Å². The molecule has 0 unspecified atom stereocenters. The maximum atomic E-state index is 12.4. The van der Waals surface area contributed by atoms with Gasteiger partial charge in [-0.05, 0) is 30.7 Å². The molecule has 3 aromatic rings. The molecule has 2 aromatic carbocycles. The molecule has 6 nitrogen and oxygen atoms in total. The van der Waals surface area contributed by atoms with E-state index in [0.717, 1.165) is 11.6 Å². The second-order valence-electron chi connectivity index (χ2n) is 6.32. The van der Waals surface area contributed by atoms with Crippen LogP contribution in [0.1, 0.15) is 32.0 Å². The van der Waals surface area contributed by atoms with Crippen LogP contribution in [0.25, 0.3) is 11.0 Å². The molecule has 0 aliphatic rings. The maximum absolute atomic E-state index is 12.4. The number of ketones is 1. The fourth-order valence-electron chi connectivity index (χ4n) is 2.81. The van der Waals surface area contributed by atoms with Gasteiger partial charge in [0.15, 0.2) is 22.2 Å².